The summed E-state index contributed by atoms with van der Waals surface area (Å²) in [6.45, 7) is 2.34. The first-order valence-corrected chi connectivity index (χ1v) is 11.3. The molecule has 3 rings (SSSR count). The number of nitrogens with zero attached hydrogens (tertiary/aromatic N) is 2. The first-order valence-electron chi connectivity index (χ1n) is 8.22. The molecular weight excluding hydrogens is 394 g/mol. The van der Waals surface area contributed by atoms with Crippen LogP contribution in [-0.4, -0.2) is 42.5 Å². The Morgan fingerprint density at radius 2 is 2.23 bits per heavy atom. The highest BCUT2D eigenvalue weighted by molar-refractivity contribution is 7.88. The molecule has 26 heavy (non-hydrogen) atoms. The second-order valence-corrected chi connectivity index (χ2v) is 9.81. The lowest BCUT2D eigenvalue weighted by Gasteiger charge is -2.20. The van der Waals surface area contributed by atoms with E-state index in [9.17, 15) is 13.2 Å². The molecule has 1 atom stereocenters. The Balaban J connectivity index is 1.68. The van der Waals surface area contributed by atoms with E-state index in [1.165, 1.54) is 15.6 Å². The van der Waals surface area contributed by atoms with Crippen LogP contribution in [0, 0.1) is 6.92 Å². The van der Waals surface area contributed by atoms with Crippen molar-refractivity contribution in [1.29, 1.82) is 0 Å². The molecule has 1 aliphatic rings. The fourth-order valence-corrected chi connectivity index (χ4v) is 5.22. The van der Waals surface area contributed by atoms with Crippen molar-refractivity contribution in [2.45, 2.75) is 32.2 Å². The van der Waals surface area contributed by atoms with E-state index in [0.29, 0.717) is 30.9 Å². The number of carbonyl (C=O) groups excluding carboxylic acids is 1. The zero-order valence-corrected chi connectivity index (χ0v) is 16.9. The van der Waals surface area contributed by atoms with Crippen LogP contribution in [-0.2, 0) is 21.2 Å². The molecule has 140 valence electrons. The fourth-order valence-electron chi connectivity index (χ4n) is 3.07. The van der Waals surface area contributed by atoms with Crippen LogP contribution < -0.4 is 5.32 Å². The Morgan fingerprint density at radius 3 is 2.96 bits per heavy atom. The van der Waals surface area contributed by atoms with Crippen molar-refractivity contribution in [3.63, 3.8) is 0 Å². The first kappa shape index (κ1) is 19.3. The number of carbonyl (C=O) groups is 1. The molecule has 1 aliphatic heterocycles. The number of hydrogen-bond acceptors (Lipinski definition) is 5. The molecule has 0 aliphatic carbocycles. The molecular formula is C17H20ClN3O3S2. The van der Waals surface area contributed by atoms with Crippen molar-refractivity contribution in [3.05, 3.63) is 45.4 Å². The van der Waals surface area contributed by atoms with Gasteiger partial charge >= 0.3 is 0 Å². The van der Waals surface area contributed by atoms with Crippen molar-refractivity contribution in [1.82, 2.24) is 9.29 Å². The SMILES string of the molecule is Cc1cccc(Cc2cnc(NC(=O)C3CCCN3S(C)(=O)=O)s2)c1Cl. The Bertz CT molecular complexity index is 927. The van der Waals surface area contributed by atoms with E-state index in [0.717, 1.165) is 27.3 Å². The minimum atomic E-state index is -3.39. The average Bonchev–Trinajstić information content (AvgIpc) is 3.20. The molecule has 0 spiro atoms. The number of thiazole rings is 1. The summed E-state index contributed by atoms with van der Waals surface area (Å²) >= 11 is 7.70. The van der Waals surface area contributed by atoms with E-state index in [4.69, 9.17) is 11.6 Å². The predicted molar refractivity (Wildman–Crippen MR) is 104 cm³/mol. The van der Waals surface area contributed by atoms with Crippen molar-refractivity contribution < 1.29 is 13.2 Å². The Labute approximate surface area is 162 Å². The quantitative estimate of drug-likeness (QED) is 0.816. The van der Waals surface area contributed by atoms with E-state index < -0.39 is 16.1 Å². The lowest BCUT2D eigenvalue weighted by Crippen LogP contribution is -2.42. The van der Waals surface area contributed by atoms with Gasteiger partial charge in [0.2, 0.25) is 15.9 Å². The summed E-state index contributed by atoms with van der Waals surface area (Å²) in [7, 11) is -3.39. The molecule has 2 heterocycles. The number of aromatic nitrogens is 1. The number of amides is 1. The minimum Gasteiger partial charge on any atom is -0.301 e. The topological polar surface area (TPSA) is 79.4 Å². The van der Waals surface area contributed by atoms with Crippen molar-refractivity contribution in [2.24, 2.45) is 0 Å². The molecule has 1 fully saturated rings. The van der Waals surface area contributed by atoms with Crippen LogP contribution in [0.1, 0.15) is 28.8 Å². The van der Waals surface area contributed by atoms with E-state index >= 15 is 0 Å². The van der Waals surface area contributed by atoms with Crippen LogP contribution in [0.15, 0.2) is 24.4 Å². The number of nitrogens with one attached hydrogen (secondary N) is 1. The zero-order chi connectivity index (χ0) is 18.9. The van der Waals surface area contributed by atoms with E-state index in [1.54, 1.807) is 6.20 Å². The molecule has 0 bridgehead atoms. The number of halogens is 1. The number of aryl methyl sites for hydroxylation is 1. The van der Waals surface area contributed by atoms with Crippen molar-refractivity contribution in [3.8, 4) is 0 Å². The molecule has 1 N–H and O–H groups in total. The summed E-state index contributed by atoms with van der Waals surface area (Å²) < 4.78 is 24.8. The molecule has 0 saturated carbocycles. The van der Waals surface area contributed by atoms with E-state index in [1.807, 2.05) is 25.1 Å². The minimum absolute atomic E-state index is 0.331. The summed E-state index contributed by atoms with van der Waals surface area (Å²) in [6, 6.07) is 5.22. The summed E-state index contributed by atoms with van der Waals surface area (Å²) in [5.41, 5.74) is 2.02. The molecule has 1 aromatic heterocycles. The third kappa shape index (κ3) is 4.25. The van der Waals surface area contributed by atoms with Gasteiger partial charge in [-0.2, -0.15) is 4.31 Å². The zero-order valence-electron chi connectivity index (χ0n) is 14.5. The highest BCUT2D eigenvalue weighted by Crippen LogP contribution is 2.28. The molecule has 1 unspecified atom stereocenters. The normalized spacial score (nSPS) is 18.2. The maximum atomic E-state index is 12.5. The van der Waals surface area contributed by atoms with Crippen molar-refractivity contribution in [2.75, 3.05) is 18.1 Å². The highest BCUT2D eigenvalue weighted by Gasteiger charge is 2.36. The Morgan fingerprint density at radius 1 is 1.46 bits per heavy atom. The Hall–Kier alpha value is -1.48. The van der Waals surface area contributed by atoms with Crippen LogP contribution >= 0.6 is 22.9 Å². The maximum Gasteiger partial charge on any atom is 0.244 e. The van der Waals surface area contributed by atoms with Crippen LogP contribution in [0.25, 0.3) is 0 Å². The number of sulfonamides is 1. The standard InChI is InChI=1S/C17H20ClN3O3S2/c1-11-5-3-6-12(15(11)18)9-13-10-19-17(25-13)20-16(22)14-7-4-8-21(14)26(2,23)24/h3,5-6,10,14H,4,7-9H2,1-2H3,(H,19,20,22). The van der Waals surface area contributed by atoms with Gasteiger partial charge in [0.05, 0.1) is 6.26 Å². The van der Waals surface area contributed by atoms with Gasteiger partial charge in [-0.3, -0.25) is 4.79 Å². The lowest BCUT2D eigenvalue weighted by molar-refractivity contribution is -0.119. The van der Waals surface area contributed by atoms with Crippen LogP contribution in [0.5, 0.6) is 0 Å². The first-order chi connectivity index (χ1) is 12.3. The summed E-state index contributed by atoms with van der Waals surface area (Å²) in [4.78, 5) is 17.7. The number of anilines is 1. The monoisotopic (exact) mass is 413 g/mol. The number of rotatable bonds is 5. The highest BCUT2D eigenvalue weighted by atomic mass is 35.5. The number of hydrogen-bond donors (Lipinski definition) is 1. The van der Waals surface area contributed by atoms with Crippen LogP contribution in [0.3, 0.4) is 0 Å². The van der Waals surface area contributed by atoms with Gasteiger partial charge in [0.1, 0.15) is 6.04 Å². The predicted octanol–water partition coefficient (Wildman–Crippen LogP) is 3.06. The molecule has 9 heteroatoms. The van der Waals surface area contributed by atoms with Gasteiger partial charge in [-0.05, 0) is 30.9 Å². The third-order valence-corrected chi connectivity index (χ3v) is 7.10. The molecule has 1 aromatic carbocycles. The Kier molecular flexibility index (Phi) is 5.67. The van der Waals surface area contributed by atoms with Gasteiger partial charge in [-0.25, -0.2) is 13.4 Å². The summed E-state index contributed by atoms with van der Waals surface area (Å²) in [6.07, 6.45) is 4.68. The summed E-state index contributed by atoms with van der Waals surface area (Å²) in [5.74, 6) is -0.331. The van der Waals surface area contributed by atoms with E-state index in [-0.39, 0.29) is 5.91 Å². The molecule has 2 aromatic rings. The smallest absolute Gasteiger partial charge is 0.244 e. The average molecular weight is 414 g/mol. The second-order valence-electron chi connectivity index (χ2n) is 6.38. The van der Waals surface area contributed by atoms with Crippen molar-refractivity contribution >= 4 is 44.0 Å². The van der Waals surface area contributed by atoms with Gasteiger partial charge in [0, 0.05) is 29.1 Å². The molecule has 1 saturated heterocycles. The van der Waals surface area contributed by atoms with Gasteiger partial charge in [0.25, 0.3) is 0 Å². The van der Waals surface area contributed by atoms with Gasteiger partial charge < -0.3 is 5.32 Å². The van der Waals surface area contributed by atoms with E-state index in [2.05, 4.69) is 10.3 Å². The van der Waals surface area contributed by atoms with Gasteiger partial charge in [-0.15, -0.1) is 11.3 Å². The van der Waals surface area contributed by atoms with Gasteiger partial charge in [-0.1, -0.05) is 29.8 Å². The van der Waals surface area contributed by atoms with Crippen LogP contribution in [0.4, 0.5) is 5.13 Å². The molecule has 0 radical (unpaired) electrons. The maximum absolute atomic E-state index is 12.5. The third-order valence-electron chi connectivity index (χ3n) is 4.35. The van der Waals surface area contributed by atoms with Crippen LogP contribution in [0.2, 0.25) is 5.02 Å². The lowest BCUT2D eigenvalue weighted by atomic mass is 10.1. The molecule has 1 amide bonds. The summed E-state index contributed by atoms with van der Waals surface area (Å²) in [5, 5.41) is 3.95. The second kappa shape index (κ2) is 7.64. The number of benzene rings is 1. The molecule has 6 nitrogen and oxygen atoms in total. The largest absolute Gasteiger partial charge is 0.301 e. The van der Waals surface area contributed by atoms with Gasteiger partial charge in [0.15, 0.2) is 5.13 Å². The fraction of sp³-hybridized carbons (Fsp3) is 0.412.